The molecule has 0 amide bonds. The van der Waals surface area contributed by atoms with Crippen molar-refractivity contribution in [3.05, 3.63) is 59.9 Å². The highest BCUT2D eigenvalue weighted by Gasteiger charge is 2.27. The Bertz CT molecular complexity index is 752. The first-order valence-corrected chi connectivity index (χ1v) is 6.70. The molecule has 0 atom stereocenters. The van der Waals surface area contributed by atoms with Gasteiger partial charge in [0.1, 0.15) is 18.2 Å². The fraction of sp³-hybridized carbons (Fsp3) is 0.125. The fourth-order valence-electron chi connectivity index (χ4n) is 2.51. The topological polar surface area (TPSA) is 37.2 Å². The maximum Gasteiger partial charge on any atom is 0.170 e. The molecule has 0 aliphatic carbocycles. The molecule has 2 aliphatic heterocycles. The van der Waals surface area contributed by atoms with Crippen molar-refractivity contribution in [2.45, 2.75) is 0 Å². The Hall–Kier alpha value is -2.69. The standard InChI is InChI=1S/C16H12FN3O/c17-12-7-5-11(6-8-12)13-9-20-14-3-1-2-4-15(14)21-10-16(20)19-18-13/h1-8H,9-10H2. The van der Waals surface area contributed by atoms with Crippen molar-refractivity contribution in [1.29, 1.82) is 0 Å². The quantitative estimate of drug-likeness (QED) is 0.806. The predicted molar refractivity (Wildman–Crippen MR) is 79.7 cm³/mol. The highest BCUT2D eigenvalue weighted by molar-refractivity contribution is 6.13. The minimum absolute atomic E-state index is 0.254. The van der Waals surface area contributed by atoms with Crippen LogP contribution in [0.5, 0.6) is 5.75 Å². The van der Waals surface area contributed by atoms with E-state index in [0.717, 1.165) is 28.5 Å². The van der Waals surface area contributed by atoms with Crippen LogP contribution >= 0.6 is 0 Å². The highest BCUT2D eigenvalue weighted by atomic mass is 19.1. The molecule has 0 spiro atoms. The van der Waals surface area contributed by atoms with Crippen LogP contribution < -0.4 is 9.64 Å². The molecule has 104 valence electrons. The monoisotopic (exact) mass is 281 g/mol. The molecule has 2 heterocycles. The number of ether oxygens (including phenoxy) is 1. The second-order valence-electron chi connectivity index (χ2n) is 4.91. The van der Waals surface area contributed by atoms with E-state index in [1.54, 1.807) is 12.1 Å². The van der Waals surface area contributed by atoms with Gasteiger partial charge >= 0.3 is 0 Å². The molecule has 2 aromatic carbocycles. The summed E-state index contributed by atoms with van der Waals surface area (Å²) in [5, 5.41) is 8.49. The van der Waals surface area contributed by atoms with Gasteiger partial charge in [0.2, 0.25) is 0 Å². The van der Waals surface area contributed by atoms with Crippen LogP contribution in [0, 0.1) is 5.82 Å². The van der Waals surface area contributed by atoms with E-state index in [1.165, 1.54) is 12.1 Å². The summed E-state index contributed by atoms with van der Waals surface area (Å²) < 4.78 is 18.7. The summed E-state index contributed by atoms with van der Waals surface area (Å²) in [4.78, 5) is 2.09. The van der Waals surface area contributed by atoms with E-state index in [4.69, 9.17) is 4.74 Å². The first-order valence-electron chi connectivity index (χ1n) is 6.70. The van der Waals surface area contributed by atoms with E-state index in [1.807, 2.05) is 24.3 Å². The Kier molecular flexibility index (Phi) is 2.70. The third kappa shape index (κ3) is 2.07. The van der Waals surface area contributed by atoms with Gasteiger partial charge in [0, 0.05) is 0 Å². The fourth-order valence-corrected chi connectivity index (χ4v) is 2.51. The SMILES string of the molecule is Fc1ccc(C2=NN=C3COc4ccccc4N3C2)cc1. The normalized spacial score (nSPS) is 16.3. The highest BCUT2D eigenvalue weighted by Crippen LogP contribution is 2.33. The van der Waals surface area contributed by atoms with Gasteiger partial charge in [0.05, 0.1) is 17.9 Å². The molecule has 0 saturated carbocycles. The summed E-state index contributed by atoms with van der Waals surface area (Å²) >= 11 is 0. The summed E-state index contributed by atoms with van der Waals surface area (Å²) in [6.45, 7) is 1.02. The van der Waals surface area contributed by atoms with Crippen molar-refractivity contribution in [3.8, 4) is 5.75 Å². The number of anilines is 1. The summed E-state index contributed by atoms with van der Waals surface area (Å²) in [5.41, 5.74) is 2.68. The van der Waals surface area contributed by atoms with Crippen LogP contribution in [-0.2, 0) is 0 Å². The third-order valence-corrected chi connectivity index (χ3v) is 3.60. The maximum atomic E-state index is 13.0. The average molecular weight is 281 g/mol. The second kappa shape index (κ2) is 4.70. The van der Waals surface area contributed by atoms with Crippen LogP contribution in [0.1, 0.15) is 5.56 Å². The number of benzene rings is 2. The smallest absolute Gasteiger partial charge is 0.170 e. The van der Waals surface area contributed by atoms with Crippen molar-refractivity contribution >= 4 is 17.2 Å². The second-order valence-corrected chi connectivity index (χ2v) is 4.91. The number of halogens is 1. The van der Waals surface area contributed by atoms with E-state index in [9.17, 15) is 4.39 Å². The minimum Gasteiger partial charge on any atom is -0.483 e. The maximum absolute atomic E-state index is 13.0. The van der Waals surface area contributed by atoms with E-state index < -0.39 is 0 Å². The van der Waals surface area contributed by atoms with Gasteiger partial charge in [-0.1, -0.05) is 24.3 Å². The molecule has 2 aromatic rings. The lowest BCUT2D eigenvalue weighted by atomic mass is 10.1. The molecule has 5 heteroatoms. The Morgan fingerprint density at radius 1 is 1.00 bits per heavy atom. The van der Waals surface area contributed by atoms with Crippen LogP contribution in [0.4, 0.5) is 10.1 Å². The summed E-state index contributed by atoms with van der Waals surface area (Å²) in [6, 6.07) is 14.2. The molecule has 0 saturated heterocycles. The molecule has 0 bridgehead atoms. The number of amidine groups is 1. The molecular weight excluding hydrogens is 269 g/mol. The first-order chi connectivity index (χ1) is 10.3. The van der Waals surface area contributed by atoms with E-state index in [0.29, 0.717) is 13.2 Å². The Morgan fingerprint density at radius 3 is 2.67 bits per heavy atom. The lowest BCUT2D eigenvalue weighted by Crippen LogP contribution is -2.44. The van der Waals surface area contributed by atoms with Gasteiger partial charge in [-0.25, -0.2) is 4.39 Å². The molecule has 0 N–H and O–H groups in total. The number of para-hydroxylation sites is 2. The molecule has 21 heavy (non-hydrogen) atoms. The molecule has 4 rings (SSSR count). The Balaban J connectivity index is 1.72. The zero-order chi connectivity index (χ0) is 14.2. The first kappa shape index (κ1) is 12.1. The number of hydrogen-bond donors (Lipinski definition) is 0. The van der Waals surface area contributed by atoms with Gasteiger partial charge in [-0.3, -0.25) is 0 Å². The van der Waals surface area contributed by atoms with E-state index >= 15 is 0 Å². The van der Waals surface area contributed by atoms with Crippen LogP contribution in [-0.4, -0.2) is 24.7 Å². The van der Waals surface area contributed by atoms with Crippen molar-refractivity contribution < 1.29 is 9.13 Å². The molecule has 0 aromatic heterocycles. The zero-order valence-corrected chi connectivity index (χ0v) is 11.2. The number of fused-ring (bicyclic) bond motifs is 3. The Morgan fingerprint density at radius 2 is 1.81 bits per heavy atom. The third-order valence-electron chi connectivity index (χ3n) is 3.60. The van der Waals surface area contributed by atoms with Gasteiger partial charge in [-0.05, 0) is 29.8 Å². The lowest BCUT2D eigenvalue weighted by Gasteiger charge is -2.33. The van der Waals surface area contributed by atoms with Gasteiger partial charge in [-0.15, -0.1) is 5.10 Å². The zero-order valence-electron chi connectivity index (χ0n) is 11.2. The van der Waals surface area contributed by atoms with Gasteiger partial charge in [-0.2, -0.15) is 5.10 Å². The van der Waals surface area contributed by atoms with Crippen LogP contribution in [0.15, 0.2) is 58.7 Å². The minimum atomic E-state index is -0.254. The van der Waals surface area contributed by atoms with Crippen LogP contribution in [0.3, 0.4) is 0 Å². The molecule has 4 nitrogen and oxygen atoms in total. The number of rotatable bonds is 1. The molecule has 0 radical (unpaired) electrons. The summed E-state index contributed by atoms with van der Waals surface area (Å²) in [6.07, 6.45) is 0. The molecule has 0 unspecified atom stereocenters. The van der Waals surface area contributed by atoms with Crippen molar-refractivity contribution in [2.75, 3.05) is 18.1 Å². The molecule has 2 aliphatic rings. The molecule has 0 fully saturated rings. The van der Waals surface area contributed by atoms with E-state index in [-0.39, 0.29) is 5.82 Å². The van der Waals surface area contributed by atoms with Gasteiger partial charge in [0.15, 0.2) is 5.84 Å². The Labute approximate surface area is 121 Å². The van der Waals surface area contributed by atoms with Crippen molar-refractivity contribution in [2.24, 2.45) is 10.2 Å². The van der Waals surface area contributed by atoms with Crippen LogP contribution in [0.25, 0.3) is 0 Å². The van der Waals surface area contributed by atoms with Crippen LogP contribution in [0.2, 0.25) is 0 Å². The van der Waals surface area contributed by atoms with Gasteiger partial charge in [0.25, 0.3) is 0 Å². The van der Waals surface area contributed by atoms with E-state index in [2.05, 4.69) is 15.1 Å². The lowest BCUT2D eigenvalue weighted by molar-refractivity contribution is 0.366. The number of hydrogen-bond acceptors (Lipinski definition) is 4. The van der Waals surface area contributed by atoms with Crippen molar-refractivity contribution in [3.63, 3.8) is 0 Å². The largest absolute Gasteiger partial charge is 0.483 e. The summed E-state index contributed by atoms with van der Waals surface area (Å²) in [5.74, 6) is 1.38. The molecular formula is C16H12FN3O. The number of nitrogens with zero attached hydrogens (tertiary/aromatic N) is 3. The van der Waals surface area contributed by atoms with Gasteiger partial charge < -0.3 is 9.64 Å². The summed E-state index contributed by atoms with van der Waals surface area (Å²) in [7, 11) is 0. The average Bonchev–Trinajstić information content (AvgIpc) is 2.55. The predicted octanol–water partition coefficient (Wildman–Crippen LogP) is 2.84. The van der Waals surface area contributed by atoms with Crippen molar-refractivity contribution in [1.82, 2.24) is 0 Å².